The van der Waals surface area contributed by atoms with Crippen molar-refractivity contribution >= 4 is 23.3 Å². The molecule has 0 radical (unpaired) electrons. The molecular weight excluding hydrogens is 284 g/mol. The highest BCUT2D eigenvalue weighted by Crippen LogP contribution is 2.17. The van der Waals surface area contributed by atoms with E-state index in [2.05, 4.69) is 34.7 Å². The summed E-state index contributed by atoms with van der Waals surface area (Å²) in [6.45, 7) is 8.29. The fraction of sp³-hybridized carbons (Fsp3) is 0.562. The zero-order valence-corrected chi connectivity index (χ0v) is 13.8. The molecule has 1 aromatic heterocycles. The third-order valence-electron chi connectivity index (χ3n) is 3.46. The Morgan fingerprint density at radius 2 is 1.95 bits per heavy atom. The predicted octanol–water partition coefficient (Wildman–Crippen LogP) is 4.19. The molecule has 2 rings (SSSR count). The molecule has 0 unspecified atom stereocenters. The quantitative estimate of drug-likeness (QED) is 0.587. The van der Waals surface area contributed by atoms with E-state index in [0.717, 1.165) is 35.2 Å². The van der Waals surface area contributed by atoms with Gasteiger partial charge in [-0.2, -0.15) is 0 Å². The van der Waals surface area contributed by atoms with Gasteiger partial charge in [0.05, 0.1) is 11.0 Å². The van der Waals surface area contributed by atoms with Gasteiger partial charge in [-0.05, 0) is 57.1 Å². The van der Waals surface area contributed by atoms with Gasteiger partial charge in [-0.3, -0.25) is 0 Å². The van der Waals surface area contributed by atoms with Crippen LogP contribution in [0.1, 0.15) is 32.3 Å². The molecule has 0 aliphatic carbocycles. The van der Waals surface area contributed by atoms with Crippen LogP contribution >= 0.6 is 12.2 Å². The van der Waals surface area contributed by atoms with Gasteiger partial charge in [0.1, 0.15) is 0 Å². The first-order chi connectivity index (χ1) is 10.2. The van der Waals surface area contributed by atoms with Crippen molar-refractivity contribution in [2.45, 2.75) is 46.4 Å². The average Bonchev–Trinajstić information content (AvgIpc) is 2.74. The van der Waals surface area contributed by atoms with E-state index < -0.39 is 0 Å². The number of H-pyrrole nitrogens is 1. The second kappa shape index (κ2) is 7.73. The van der Waals surface area contributed by atoms with E-state index in [4.69, 9.17) is 21.7 Å². The predicted molar refractivity (Wildman–Crippen MR) is 88.1 cm³/mol. The maximum Gasteiger partial charge on any atom is 0.178 e. The maximum absolute atomic E-state index is 5.57. The van der Waals surface area contributed by atoms with Crippen molar-refractivity contribution in [2.75, 3.05) is 13.2 Å². The van der Waals surface area contributed by atoms with Crippen LogP contribution in [0.4, 0.5) is 0 Å². The number of aryl methyl sites for hydroxylation is 2. The molecule has 0 spiro atoms. The Balaban J connectivity index is 2.03. The number of hydrogen-bond donors (Lipinski definition) is 1. The largest absolute Gasteiger partial charge is 0.353 e. The number of aromatic nitrogens is 2. The molecule has 0 saturated carbocycles. The van der Waals surface area contributed by atoms with Crippen molar-refractivity contribution in [2.24, 2.45) is 0 Å². The van der Waals surface area contributed by atoms with Crippen molar-refractivity contribution in [3.63, 3.8) is 0 Å². The summed E-state index contributed by atoms with van der Waals surface area (Å²) in [6, 6.07) is 6.37. The zero-order chi connectivity index (χ0) is 15.2. The summed E-state index contributed by atoms with van der Waals surface area (Å²) >= 11 is 5.42. The Hall–Kier alpha value is -1.17. The fourth-order valence-electron chi connectivity index (χ4n) is 2.50. The third-order valence-corrected chi connectivity index (χ3v) is 3.78. The van der Waals surface area contributed by atoms with Crippen LogP contribution in [0.15, 0.2) is 18.2 Å². The topological polar surface area (TPSA) is 39.2 Å². The summed E-state index contributed by atoms with van der Waals surface area (Å²) in [5.41, 5.74) is 3.50. The van der Waals surface area contributed by atoms with Crippen LogP contribution < -0.4 is 0 Å². The minimum absolute atomic E-state index is 0.110. The van der Waals surface area contributed by atoms with E-state index in [1.807, 2.05) is 13.8 Å². The summed E-state index contributed by atoms with van der Waals surface area (Å²) in [4.78, 5) is 3.27. The van der Waals surface area contributed by atoms with Gasteiger partial charge in [0.2, 0.25) is 0 Å². The number of hydrogen-bond acceptors (Lipinski definition) is 3. The first-order valence-electron chi connectivity index (χ1n) is 7.58. The molecule has 21 heavy (non-hydrogen) atoms. The van der Waals surface area contributed by atoms with E-state index in [1.165, 1.54) is 5.56 Å². The number of nitrogens with one attached hydrogen (secondary N) is 1. The van der Waals surface area contributed by atoms with Gasteiger partial charge in [-0.1, -0.05) is 6.07 Å². The molecule has 0 aliphatic heterocycles. The second-order valence-corrected chi connectivity index (χ2v) is 5.47. The number of rotatable bonds is 8. The highest BCUT2D eigenvalue weighted by molar-refractivity contribution is 7.71. The summed E-state index contributed by atoms with van der Waals surface area (Å²) in [6.07, 6.45) is 1.74. The Bertz CT molecular complexity index is 627. The Labute approximate surface area is 131 Å². The van der Waals surface area contributed by atoms with Gasteiger partial charge in [0.15, 0.2) is 11.1 Å². The lowest BCUT2D eigenvalue weighted by Crippen LogP contribution is -2.18. The molecule has 5 heteroatoms. The van der Waals surface area contributed by atoms with Crippen LogP contribution in [-0.2, 0) is 16.0 Å². The number of ether oxygens (including phenoxy) is 2. The molecule has 0 amide bonds. The maximum atomic E-state index is 5.57. The number of imidazole rings is 1. The van der Waals surface area contributed by atoms with Gasteiger partial charge in [0, 0.05) is 26.2 Å². The Morgan fingerprint density at radius 3 is 2.62 bits per heavy atom. The molecule has 4 nitrogen and oxygen atoms in total. The highest BCUT2D eigenvalue weighted by atomic mass is 32.1. The summed E-state index contributed by atoms with van der Waals surface area (Å²) in [5.74, 6) is 0. The summed E-state index contributed by atoms with van der Waals surface area (Å²) in [7, 11) is 0. The number of nitrogens with zero attached hydrogens (tertiary/aromatic N) is 1. The lowest BCUT2D eigenvalue weighted by molar-refractivity contribution is -0.140. The molecular formula is C16H24N2O2S. The first-order valence-corrected chi connectivity index (χ1v) is 7.99. The lowest BCUT2D eigenvalue weighted by atomic mass is 10.2. The summed E-state index contributed by atoms with van der Waals surface area (Å²) < 4.78 is 14.1. The highest BCUT2D eigenvalue weighted by Gasteiger charge is 2.09. The van der Waals surface area contributed by atoms with E-state index in [9.17, 15) is 0 Å². The third kappa shape index (κ3) is 4.15. The molecule has 2 aromatic rings. The van der Waals surface area contributed by atoms with Crippen LogP contribution in [0.25, 0.3) is 11.0 Å². The molecule has 1 N–H and O–H groups in total. The minimum atomic E-state index is -0.110. The molecule has 1 heterocycles. The van der Waals surface area contributed by atoms with Crippen LogP contribution in [0.5, 0.6) is 0 Å². The zero-order valence-electron chi connectivity index (χ0n) is 13.0. The molecule has 116 valence electrons. The van der Waals surface area contributed by atoms with Crippen LogP contribution in [0.3, 0.4) is 0 Å². The molecule has 0 atom stereocenters. The fourth-order valence-corrected chi connectivity index (χ4v) is 2.80. The standard InChI is InChI=1S/C16H24N2O2S/c1-4-19-15(20-5-2)7-6-10-18-14-9-8-12(3)11-13(14)17-16(18)21/h8-9,11,15H,4-7,10H2,1-3H3,(H,17,21). The SMILES string of the molecule is CCOC(CCCn1c(=S)[nH]c2cc(C)ccc21)OCC. The van der Waals surface area contributed by atoms with E-state index >= 15 is 0 Å². The van der Waals surface area contributed by atoms with E-state index in [0.29, 0.717) is 13.2 Å². The monoisotopic (exact) mass is 308 g/mol. The van der Waals surface area contributed by atoms with Crippen LogP contribution in [0, 0.1) is 11.7 Å². The number of fused-ring (bicyclic) bond motifs is 1. The van der Waals surface area contributed by atoms with Crippen LogP contribution in [0.2, 0.25) is 0 Å². The van der Waals surface area contributed by atoms with Crippen LogP contribution in [-0.4, -0.2) is 29.1 Å². The van der Waals surface area contributed by atoms with E-state index in [-0.39, 0.29) is 6.29 Å². The Kier molecular flexibility index (Phi) is 5.96. The number of benzene rings is 1. The molecule has 1 aromatic carbocycles. The normalized spacial score (nSPS) is 11.6. The molecule has 0 bridgehead atoms. The first kappa shape index (κ1) is 16.2. The van der Waals surface area contributed by atoms with Crippen molar-refractivity contribution in [1.82, 2.24) is 9.55 Å². The van der Waals surface area contributed by atoms with Gasteiger partial charge in [-0.15, -0.1) is 0 Å². The molecule has 0 fully saturated rings. The van der Waals surface area contributed by atoms with Gasteiger partial charge >= 0.3 is 0 Å². The van der Waals surface area contributed by atoms with Gasteiger partial charge in [0.25, 0.3) is 0 Å². The lowest BCUT2D eigenvalue weighted by Gasteiger charge is -2.16. The van der Waals surface area contributed by atoms with Crippen molar-refractivity contribution in [1.29, 1.82) is 0 Å². The second-order valence-electron chi connectivity index (χ2n) is 5.08. The Morgan fingerprint density at radius 1 is 1.24 bits per heavy atom. The number of aromatic amines is 1. The average molecular weight is 308 g/mol. The smallest absolute Gasteiger partial charge is 0.178 e. The van der Waals surface area contributed by atoms with Gasteiger partial charge < -0.3 is 19.0 Å². The van der Waals surface area contributed by atoms with Gasteiger partial charge in [-0.25, -0.2) is 0 Å². The van der Waals surface area contributed by atoms with Crippen molar-refractivity contribution < 1.29 is 9.47 Å². The van der Waals surface area contributed by atoms with Crippen molar-refractivity contribution in [3.8, 4) is 0 Å². The van der Waals surface area contributed by atoms with E-state index in [1.54, 1.807) is 0 Å². The molecule has 0 aliphatic rings. The summed E-state index contributed by atoms with van der Waals surface area (Å²) in [5, 5.41) is 0. The van der Waals surface area contributed by atoms with Crippen molar-refractivity contribution in [3.05, 3.63) is 28.5 Å². The molecule has 0 saturated heterocycles. The minimum Gasteiger partial charge on any atom is -0.353 e.